The quantitative estimate of drug-likeness (QED) is 0.388. The molecule has 1 aromatic heterocycles. The van der Waals surface area contributed by atoms with Gasteiger partial charge < -0.3 is 21.1 Å². The van der Waals surface area contributed by atoms with Gasteiger partial charge in [-0.05, 0) is 36.2 Å². The van der Waals surface area contributed by atoms with E-state index in [-0.39, 0.29) is 10.9 Å². The predicted molar refractivity (Wildman–Crippen MR) is 125 cm³/mol. The first-order valence-corrected chi connectivity index (χ1v) is 10.9. The normalized spacial score (nSPS) is 11.6. The van der Waals surface area contributed by atoms with Crippen LogP contribution in [-0.2, 0) is 4.79 Å². The summed E-state index contributed by atoms with van der Waals surface area (Å²) in [7, 11) is 0. The van der Waals surface area contributed by atoms with Gasteiger partial charge in [0.25, 0.3) is 5.91 Å². The number of hydrogen-bond donors (Lipinski definition) is 4. The zero-order chi connectivity index (χ0) is 23.3. The molecule has 1 atom stereocenters. The molecule has 3 rings (SSSR count). The molecule has 0 aliphatic carbocycles. The second-order valence-electron chi connectivity index (χ2n) is 7.24. The van der Waals surface area contributed by atoms with Crippen LogP contribution in [0.1, 0.15) is 23.6 Å². The summed E-state index contributed by atoms with van der Waals surface area (Å²) in [5.74, 6) is -1.88. The molecule has 1 heterocycles. The van der Waals surface area contributed by atoms with Crippen LogP contribution in [0, 0.1) is 5.92 Å². The fourth-order valence-electron chi connectivity index (χ4n) is 2.81. The Kier molecular flexibility index (Phi) is 7.45. The van der Waals surface area contributed by atoms with Crippen molar-refractivity contribution in [2.75, 3.05) is 10.6 Å². The van der Waals surface area contributed by atoms with Crippen LogP contribution in [0.15, 0.2) is 53.9 Å². The molecule has 4 N–H and O–H groups in total. The highest BCUT2D eigenvalue weighted by atomic mass is 35.5. The summed E-state index contributed by atoms with van der Waals surface area (Å²) in [4.78, 5) is 40.1. The van der Waals surface area contributed by atoms with Gasteiger partial charge in [0.2, 0.25) is 0 Å². The average Bonchev–Trinajstić information content (AvgIpc) is 3.22. The Bertz CT molecular complexity index is 1130. The zero-order valence-electron chi connectivity index (χ0n) is 17.3. The van der Waals surface area contributed by atoms with Crippen LogP contribution in [0.5, 0.6) is 0 Å². The monoisotopic (exact) mass is 472 g/mol. The molecule has 8 nitrogen and oxygen atoms in total. The number of benzene rings is 2. The fraction of sp³-hybridized carbons (Fsp3) is 0.182. The summed E-state index contributed by atoms with van der Waals surface area (Å²) in [5.41, 5.74) is 2.47. The number of aromatic nitrogens is 1. The molecule has 0 spiro atoms. The van der Waals surface area contributed by atoms with Crippen molar-refractivity contribution in [2.24, 2.45) is 5.92 Å². The molecule has 0 saturated carbocycles. The minimum absolute atomic E-state index is 0.176. The van der Waals surface area contributed by atoms with Crippen molar-refractivity contribution in [2.45, 2.75) is 19.9 Å². The molecular formula is C22H21ClN4O4S. The Morgan fingerprint density at radius 2 is 1.72 bits per heavy atom. The summed E-state index contributed by atoms with van der Waals surface area (Å²) >= 11 is 7.04. The number of carbonyl (C=O) groups is 3. The minimum Gasteiger partial charge on any atom is -0.480 e. The molecule has 3 aromatic rings. The number of urea groups is 1. The molecule has 0 bridgehead atoms. The molecular weight excluding hydrogens is 452 g/mol. The lowest BCUT2D eigenvalue weighted by molar-refractivity contribution is -0.140. The summed E-state index contributed by atoms with van der Waals surface area (Å²) < 4.78 is 0. The number of hydrogen-bond acceptors (Lipinski definition) is 5. The Morgan fingerprint density at radius 1 is 1.03 bits per heavy atom. The molecule has 10 heteroatoms. The summed E-state index contributed by atoms with van der Waals surface area (Å²) in [6, 6.07) is 12.4. The number of aliphatic carboxylic acids is 1. The Balaban J connectivity index is 1.62. The topological polar surface area (TPSA) is 120 Å². The number of carboxylic acid groups (broad SMARTS) is 1. The van der Waals surface area contributed by atoms with E-state index in [0.717, 1.165) is 16.9 Å². The molecule has 1 unspecified atom stereocenters. The van der Waals surface area contributed by atoms with E-state index in [1.165, 1.54) is 0 Å². The SMILES string of the molecule is CC(C)C(NC(=O)c1nc(-c2ccc(NC(=O)Nc3cccc(Cl)c3)cc2)cs1)C(=O)O. The minimum atomic E-state index is -1.09. The Labute approximate surface area is 193 Å². The van der Waals surface area contributed by atoms with Gasteiger partial charge in [-0.3, -0.25) is 4.79 Å². The fourth-order valence-corrected chi connectivity index (χ4v) is 3.73. The lowest BCUT2D eigenvalue weighted by Gasteiger charge is -2.16. The van der Waals surface area contributed by atoms with E-state index < -0.39 is 23.9 Å². The number of thiazole rings is 1. The van der Waals surface area contributed by atoms with Crippen molar-refractivity contribution in [3.63, 3.8) is 0 Å². The highest BCUT2D eigenvalue weighted by molar-refractivity contribution is 7.12. The van der Waals surface area contributed by atoms with Gasteiger partial charge in [0.05, 0.1) is 5.69 Å². The maximum absolute atomic E-state index is 12.4. The maximum Gasteiger partial charge on any atom is 0.326 e. The van der Waals surface area contributed by atoms with E-state index in [4.69, 9.17) is 11.6 Å². The zero-order valence-corrected chi connectivity index (χ0v) is 18.8. The van der Waals surface area contributed by atoms with E-state index in [2.05, 4.69) is 20.9 Å². The second kappa shape index (κ2) is 10.3. The molecule has 0 saturated heterocycles. The van der Waals surface area contributed by atoms with Crippen LogP contribution in [-0.4, -0.2) is 34.0 Å². The standard InChI is InChI=1S/C22H21ClN4O4S/c1-12(2)18(21(29)30)27-19(28)20-26-17(11-32-20)13-6-8-15(9-7-13)24-22(31)25-16-5-3-4-14(23)10-16/h3-12,18H,1-2H3,(H,27,28)(H,29,30)(H2,24,25,31). The molecule has 32 heavy (non-hydrogen) atoms. The number of carboxylic acids is 1. The Morgan fingerprint density at radius 3 is 2.34 bits per heavy atom. The molecule has 166 valence electrons. The van der Waals surface area contributed by atoms with Gasteiger partial charge in [-0.2, -0.15) is 0 Å². The third-order valence-corrected chi connectivity index (χ3v) is 5.51. The van der Waals surface area contributed by atoms with Crippen molar-refractivity contribution in [3.05, 3.63) is 63.9 Å². The number of nitrogens with zero attached hydrogens (tertiary/aromatic N) is 1. The van der Waals surface area contributed by atoms with Gasteiger partial charge in [0.15, 0.2) is 5.01 Å². The first kappa shape index (κ1) is 23.2. The van der Waals surface area contributed by atoms with Gasteiger partial charge in [0.1, 0.15) is 6.04 Å². The average molecular weight is 473 g/mol. The van der Waals surface area contributed by atoms with Gasteiger partial charge in [-0.25, -0.2) is 14.6 Å². The van der Waals surface area contributed by atoms with E-state index in [1.807, 2.05) is 0 Å². The van der Waals surface area contributed by atoms with E-state index in [9.17, 15) is 19.5 Å². The smallest absolute Gasteiger partial charge is 0.326 e. The lowest BCUT2D eigenvalue weighted by Crippen LogP contribution is -2.44. The van der Waals surface area contributed by atoms with Gasteiger partial charge in [-0.15, -0.1) is 11.3 Å². The first-order chi connectivity index (χ1) is 15.2. The lowest BCUT2D eigenvalue weighted by atomic mass is 10.1. The number of halogens is 1. The third kappa shape index (κ3) is 6.05. The highest BCUT2D eigenvalue weighted by Gasteiger charge is 2.25. The molecule has 2 aromatic carbocycles. The second-order valence-corrected chi connectivity index (χ2v) is 8.53. The predicted octanol–water partition coefficient (Wildman–Crippen LogP) is 4.95. The number of anilines is 2. The largest absolute Gasteiger partial charge is 0.480 e. The van der Waals surface area contributed by atoms with Crippen LogP contribution in [0.2, 0.25) is 5.02 Å². The highest BCUT2D eigenvalue weighted by Crippen LogP contribution is 2.24. The van der Waals surface area contributed by atoms with E-state index in [0.29, 0.717) is 22.1 Å². The van der Waals surface area contributed by atoms with Crippen LogP contribution >= 0.6 is 22.9 Å². The van der Waals surface area contributed by atoms with E-state index >= 15 is 0 Å². The summed E-state index contributed by atoms with van der Waals surface area (Å²) in [5, 5.41) is 19.6. The molecule has 0 aliphatic heterocycles. The van der Waals surface area contributed by atoms with Crippen molar-refractivity contribution in [1.82, 2.24) is 10.3 Å². The van der Waals surface area contributed by atoms with Gasteiger partial charge in [0, 0.05) is 27.3 Å². The molecule has 0 aliphatic rings. The number of nitrogens with one attached hydrogen (secondary N) is 3. The van der Waals surface area contributed by atoms with Crippen molar-refractivity contribution >= 4 is 52.2 Å². The molecule has 3 amide bonds. The van der Waals surface area contributed by atoms with Crippen molar-refractivity contribution in [1.29, 1.82) is 0 Å². The molecule has 0 radical (unpaired) electrons. The van der Waals surface area contributed by atoms with Crippen molar-refractivity contribution < 1.29 is 19.5 Å². The van der Waals surface area contributed by atoms with E-state index in [1.54, 1.807) is 67.8 Å². The molecule has 0 fully saturated rings. The summed E-state index contributed by atoms with van der Waals surface area (Å²) in [6.45, 7) is 3.44. The summed E-state index contributed by atoms with van der Waals surface area (Å²) in [6.07, 6.45) is 0. The van der Waals surface area contributed by atoms with Crippen molar-refractivity contribution in [3.8, 4) is 11.3 Å². The number of carbonyl (C=O) groups excluding carboxylic acids is 2. The first-order valence-electron chi connectivity index (χ1n) is 9.66. The van der Waals surface area contributed by atoms with Gasteiger partial charge in [-0.1, -0.05) is 43.6 Å². The number of amides is 3. The Hall–Kier alpha value is -3.43. The maximum atomic E-state index is 12.4. The van der Waals surface area contributed by atoms with Crippen LogP contribution < -0.4 is 16.0 Å². The third-order valence-electron chi connectivity index (χ3n) is 4.44. The van der Waals surface area contributed by atoms with Gasteiger partial charge >= 0.3 is 12.0 Å². The number of rotatable bonds is 7. The van der Waals surface area contributed by atoms with Crippen LogP contribution in [0.4, 0.5) is 16.2 Å². The van der Waals surface area contributed by atoms with Crippen LogP contribution in [0.3, 0.4) is 0 Å². The van der Waals surface area contributed by atoms with Crippen LogP contribution in [0.25, 0.3) is 11.3 Å².